The molecule has 5 heteroatoms. The van der Waals surface area contributed by atoms with Crippen LogP contribution in [0.4, 0.5) is 11.4 Å². The van der Waals surface area contributed by atoms with Crippen LogP contribution in [0, 0.1) is 12.8 Å². The molecule has 1 heterocycles. The van der Waals surface area contributed by atoms with Crippen molar-refractivity contribution in [1.82, 2.24) is 0 Å². The molecule has 0 amide bonds. The van der Waals surface area contributed by atoms with Crippen molar-refractivity contribution < 1.29 is 8.42 Å². The Bertz CT molecular complexity index is 783. The first-order chi connectivity index (χ1) is 11.4. The molecule has 0 bridgehead atoms. The highest BCUT2D eigenvalue weighted by Gasteiger charge is 2.17. The van der Waals surface area contributed by atoms with Crippen molar-refractivity contribution >= 4 is 21.4 Å². The summed E-state index contributed by atoms with van der Waals surface area (Å²) in [5, 5.41) is 0. The van der Waals surface area contributed by atoms with Gasteiger partial charge in [0.2, 0.25) is 0 Å². The average molecular weight is 344 g/mol. The van der Waals surface area contributed by atoms with Gasteiger partial charge in [0, 0.05) is 24.5 Å². The van der Waals surface area contributed by atoms with Crippen molar-refractivity contribution in [3.05, 3.63) is 54.1 Å². The molecule has 4 nitrogen and oxygen atoms in total. The van der Waals surface area contributed by atoms with Crippen LogP contribution in [0.1, 0.15) is 25.3 Å². The van der Waals surface area contributed by atoms with E-state index in [-0.39, 0.29) is 4.90 Å². The van der Waals surface area contributed by atoms with Crippen molar-refractivity contribution in [1.29, 1.82) is 0 Å². The summed E-state index contributed by atoms with van der Waals surface area (Å²) in [7, 11) is -3.54. The summed E-state index contributed by atoms with van der Waals surface area (Å²) in [6, 6.07) is 14.5. The van der Waals surface area contributed by atoms with Crippen molar-refractivity contribution in [2.24, 2.45) is 5.92 Å². The molecule has 3 rings (SSSR count). The second-order valence-electron chi connectivity index (χ2n) is 6.66. The van der Waals surface area contributed by atoms with E-state index in [9.17, 15) is 8.42 Å². The quantitative estimate of drug-likeness (QED) is 0.911. The van der Waals surface area contributed by atoms with Crippen LogP contribution in [0.5, 0.6) is 0 Å². The second kappa shape index (κ2) is 6.85. The Labute approximate surface area is 144 Å². The number of hydrogen-bond donors (Lipinski definition) is 1. The number of hydrogen-bond acceptors (Lipinski definition) is 3. The van der Waals surface area contributed by atoms with Gasteiger partial charge in [0.25, 0.3) is 10.0 Å². The minimum atomic E-state index is -3.54. The number of rotatable bonds is 4. The fraction of sp³-hybridized carbons (Fsp3) is 0.368. The first kappa shape index (κ1) is 16.8. The Morgan fingerprint density at radius 1 is 1.04 bits per heavy atom. The third-order valence-electron chi connectivity index (χ3n) is 4.47. The van der Waals surface area contributed by atoms with Crippen LogP contribution in [0.2, 0.25) is 0 Å². The molecule has 1 unspecified atom stereocenters. The number of nitrogens with zero attached hydrogens (tertiary/aromatic N) is 1. The molecule has 1 N–H and O–H groups in total. The van der Waals surface area contributed by atoms with Crippen LogP contribution in [0.15, 0.2) is 53.4 Å². The van der Waals surface area contributed by atoms with E-state index < -0.39 is 10.0 Å². The van der Waals surface area contributed by atoms with Crippen molar-refractivity contribution in [2.75, 3.05) is 22.7 Å². The molecular weight excluding hydrogens is 320 g/mol. The standard InChI is InChI=1S/C19H24N2O2S/c1-15-5-11-19(12-6-15)24(22,23)20-17-7-9-18(10-8-17)21-13-3-4-16(2)14-21/h5-12,16,20H,3-4,13-14H2,1-2H3. The van der Waals surface area contributed by atoms with Gasteiger partial charge in [-0.1, -0.05) is 24.6 Å². The highest BCUT2D eigenvalue weighted by molar-refractivity contribution is 7.92. The summed E-state index contributed by atoms with van der Waals surface area (Å²) in [5.74, 6) is 0.707. The first-order valence-corrected chi connectivity index (χ1v) is 9.87. The molecule has 2 aromatic rings. The van der Waals surface area contributed by atoms with Gasteiger partial charge >= 0.3 is 0 Å². The Hall–Kier alpha value is -2.01. The molecule has 24 heavy (non-hydrogen) atoms. The molecule has 1 atom stereocenters. The summed E-state index contributed by atoms with van der Waals surface area (Å²) in [5.41, 5.74) is 2.78. The van der Waals surface area contributed by atoms with Gasteiger partial charge in [-0.15, -0.1) is 0 Å². The maximum Gasteiger partial charge on any atom is 0.261 e. The summed E-state index contributed by atoms with van der Waals surface area (Å²) in [4.78, 5) is 2.65. The maximum absolute atomic E-state index is 12.4. The van der Waals surface area contributed by atoms with Crippen LogP contribution >= 0.6 is 0 Å². The number of nitrogens with one attached hydrogen (secondary N) is 1. The minimum absolute atomic E-state index is 0.280. The highest BCUT2D eigenvalue weighted by atomic mass is 32.2. The average Bonchev–Trinajstić information content (AvgIpc) is 2.55. The molecule has 0 aromatic heterocycles. The molecule has 0 radical (unpaired) electrons. The van der Waals surface area contributed by atoms with Gasteiger partial charge in [-0.05, 0) is 62.1 Å². The van der Waals surface area contributed by atoms with Gasteiger partial charge in [-0.2, -0.15) is 0 Å². The monoisotopic (exact) mass is 344 g/mol. The molecule has 128 valence electrons. The fourth-order valence-electron chi connectivity index (χ4n) is 3.10. The zero-order valence-electron chi connectivity index (χ0n) is 14.2. The van der Waals surface area contributed by atoms with Crippen LogP contribution in [-0.4, -0.2) is 21.5 Å². The van der Waals surface area contributed by atoms with Crippen LogP contribution in [0.25, 0.3) is 0 Å². The topological polar surface area (TPSA) is 49.4 Å². The summed E-state index contributed by atoms with van der Waals surface area (Å²) in [6.07, 6.45) is 2.49. The third-order valence-corrected chi connectivity index (χ3v) is 5.87. The molecular formula is C19H24N2O2S. The van der Waals surface area contributed by atoms with Gasteiger partial charge < -0.3 is 4.90 Å². The van der Waals surface area contributed by atoms with Crippen molar-refractivity contribution in [3.63, 3.8) is 0 Å². The van der Waals surface area contributed by atoms with E-state index in [1.54, 1.807) is 24.3 Å². The maximum atomic E-state index is 12.4. The largest absolute Gasteiger partial charge is 0.371 e. The SMILES string of the molecule is Cc1ccc(S(=O)(=O)Nc2ccc(N3CCCC(C)C3)cc2)cc1. The zero-order chi connectivity index (χ0) is 17.2. The molecule has 1 aliphatic heterocycles. The van der Waals surface area contributed by atoms with E-state index >= 15 is 0 Å². The van der Waals surface area contributed by atoms with E-state index in [4.69, 9.17) is 0 Å². The van der Waals surface area contributed by atoms with Gasteiger partial charge in [-0.25, -0.2) is 8.42 Å². The van der Waals surface area contributed by atoms with E-state index in [0.717, 1.165) is 24.3 Å². The molecule has 0 saturated carbocycles. The van der Waals surface area contributed by atoms with Gasteiger partial charge in [0.05, 0.1) is 4.90 Å². The smallest absolute Gasteiger partial charge is 0.261 e. The molecule has 2 aromatic carbocycles. The zero-order valence-corrected chi connectivity index (χ0v) is 15.0. The van der Waals surface area contributed by atoms with E-state index in [2.05, 4.69) is 16.5 Å². The number of sulfonamides is 1. The summed E-state index contributed by atoms with van der Waals surface area (Å²) < 4.78 is 27.5. The highest BCUT2D eigenvalue weighted by Crippen LogP contribution is 2.25. The fourth-order valence-corrected chi connectivity index (χ4v) is 4.15. The molecule has 1 aliphatic rings. The number of aryl methyl sites for hydroxylation is 1. The Morgan fingerprint density at radius 3 is 2.33 bits per heavy atom. The number of benzene rings is 2. The lowest BCUT2D eigenvalue weighted by atomic mass is 10.00. The molecule has 1 saturated heterocycles. The van der Waals surface area contributed by atoms with Crippen LogP contribution in [0.3, 0.4) is 0 Å². The van der Waals surface area contributed by atoms with Gasteiger partial charge in [0.15, 0.2) is 0 Å². The van der Waals surface area contributed by atoms with Crippen LogP contribution < -0.4 is 9.62 Å². The lowest BCUT2D eigenvalue weighted by Crippen LogP contribution is -2.34. The van der Waals surface area contributed by atoms with Crippen molar-refractivity contribution in [3.8, 4) is 0 Å². The normalized spacial score (nSPS) is 18.4. The van der Waals surface area contributed by atoms with E-state index in [1.807, 2.05) is 31.2 Å². The second-order valence-corrected chi connectivity index (χ2v) is 8.34. The van der Waals surface area contributed by atoms with E-state index in [1.165, 1.54) is 12.8 Å². The Kier molecular flexibility index (Phi) is 4.81. The summed E-state index contributed by atoms with van der Waals surface area (Å²) in [6.45, 7) is 6.34. The lowest BCUT2D eigenvalue weighted by Gasteiger charge is -2.32. The number of anilines is 2. The third kappa shape index (κ3) is 3.90. The van der Waals surface area contributed by atoms with E-state index in [0.29, 0.717) is 11.6 Å². The molecule has 1 fully saturated rings. The van der Waals surface area contributed by atoms with Crippen LogP contribution in [-0.2, 0) is 10.0 Å². The van der Waals surface area contributed by atoms with Gasteiger partial charge in [-0.3, -0.25) is 4.72 Å². The predicted octanol–water partition coefficient (Wildman–Crippen LogP) is 4.03. The minimum Gasteiger partial charge on any atom is -0.371 e. The van der Waals surface area contributed by atoms with Gasteiger partial charge in [0.1, 0.15) is 0 Å². The molecule has 0 spiro atoms. The predicted molar refractivity (Wildman–Crippen MR) is 99.0 cm³/mol. The first-order valence-electron chi connectivity index (χ1n) is 8.38. The van der Waals surface area contributed by atoms with Crippen molar-refractivity contribution in [2.45, 2.75) is 31.6 Å². The Morgan fingerprint density at radius 2 is 1.71 bits per heavy atom. The molecule has 0 aliphatic carbocycles. The Balaban J connectivity index is 1.72. The lowest BCUT2D eigenvalue weighted by molar-refractivity contribution is 0.447. The number of piperidine rings is 1. The summed E-state index contributed by atoms with van der Waals surface area (Å²) >= 11 is 0.